The summed E-state index contributed by atoms with van der Waals surface area (Å²) in [6.45, 7) is 0.120. The van der Waals surface area contributed by atoms with Crippen LogP contribution < -0.4 is 5.56 Å². The van der Waals surface area contributed by atoms with Crippen LogP contribution in [0.25, 0.3) is 28.2 Å². The number of halogens is 1. The average molecular weight is 494 g/mol. The number of aliphatic hydroxyl groups excluding tert-OH is 2. The normalized spacial score (nSPS) is 21.6. The summed E-state index contributed by atoms with van der Waals surface area (Å²) in [7, 11) is -0.249. The van der Waals surface area contributed by atoms with E-state index in [1.807, 2.05) is 30.3 Å². The van der Waals surface area contributed by atoms with Crippen LogP contribution in [-0.2, 0) is 15.6 Å². The first-order valence-electron chi connectivity index (χ1n) is 9.14. The Morgan fingerprint density at radius 3 is 2.90 bits per heavy atom. The SMILES string of the molecule is O=c1c2nc(Br)n(C[C@@H](O)C3OPOCC3O)c2nc2[nH]c(-c3ccccc3)cn12. The van der Waals surface area contributed by atoms with E-state index < -0.39 is 18.3 Å². The summed E-state index contributed by atoms with van der Waals surface area (Å²) in [6.07, 6.45) is -1.11. The highest BCUT2D eigenvalue weighted by Gasteiger charge is 2.33. The number of aromatic nitrogens is 5. The number of nitrogens with zero attached hydrogens (tertiary/aromatic N) is 4. The molecule has 0 aliphatic carbocycles. The van der Waals surface area contributed by atoms with E-state index in [1.165, 1.54) is 4.40 Å². The van der Waals surface area contributed by atoms with Crippen LogP contribution in [0.15, 0.2) is 46.1 Å². The van der Waals surface area contributed by atoms with Gasteiger partial charge in [-0.2, -0.15) is 4.98 Å². The Morgan fingerprint density at radius 2 is 2.13 bits per heavy atom. The van der Waals surface area contributed by atoms with E-state index in [2.05, 4.69) is 30.9 Å². The van der Waals surface area contributed by atoms with Crippen molar-refractivity contribution in [1.29, 1.82) is 0 Å². The number of benzene rings is 1. The van der Waals surface area contributed by atoms with Crippen molar-refractivity contribution in [2.24, 2.45) is 0 Å². The highest BCUT2D eigenvalue weighted by Crippen LogP contribution is 2.28. The summed E-state index contributed by atoms with van der Waals surface area (Å²) >= 11 is 3.34. The molecule has 3 unspecified atom stereocenters. The summed E-state index contributed by atoms with van der Waals surface area (Å²) in [4.78, 5) is 25.0. The summed E-state index contributed by atoms with van der Waals surface area (Å²) < 4.78 is 13.8. The molecule has 12 heteroatoms. The van der Waals surface area contributed by atoms with Gasteiger partial charge in [0.15, 0.2) is 24.9 Å². The second-order valence-corrected chi connectivity index (χ2v) is 8.32. The fourth-order valence-corrected chi connectivity index (χ4v) is 4.69. The van der Waals surface area contributed by atoms with Crippen LogP contribution in [0.5, 0.6) is 0 Å². The van der Waals surface area contributed by atoms with E-state index in [0.29, 0.717) is 16.2 Å². The first-order chi connectivity index (χ1) is 14.5. The second kappa shape index (κ2) is 7.84. The average Bonchev–Trinajstić information content (AvgIpc) is 3.32. The largest absolute Gasteiger partial charge is 0.388 e. The number of rotatable bonds is 4. The molecule has 1 fully saturated rings. The molecule has 1 aliphatic rings. The quantitative estimate of drug-likeness (QED) is 0.290. The summed E-state index contributed by atoms with van der Waals surface area (Å²) in [5.74, 6) is 0.360. The molecule has 5 rings (SSSR count). The molecule has 0 amide bonds. The van der Waals surface area contributed by atoms with Crippen LogP contribution in [0, 0.1) is 0 Å². The Bertz CT molecular complexity index is 1270. The van der Waals surface area contributed by atoms with Gasteiger partial charge in [-0.15, -0.1) is 0 Å². The van der Waals surface area contributed by atoms with Gasteiger partial charge in [0.25, 0.3) is 5.56 Å². The third kappa shape index (κ3) is 3.37. The van der Waals surface area contributed by atoms with Crippen LogP contribution >= 0.6 is 25.0 Å². The summed E-state index contributed by atoms with van der Waals surface area (Å²) in [5, 5.41) is 20.6. The van der Waals surface area contributed by atoms with E-state index in [9.17, 15) is 15.0 Å². The van der Waals surface area contributed by atoms with Crippen molar-refractivity contribution in [2.45, 2.75) is 24.9 Å². The number of aromatic amines is 1. The van der Waals surface area contributed by atoms with Crippen molar-refractivity contribution < 1.29 is 19.3 Å². The van der Waals surface area contributed by atoms with E-state index >= 15 is 0 Å². The Kier molecular flexibility index (Phi) is 5.18. The fraction of sp³-hybridized carbons (Fsp3) is 0.278. The van der Waals surface area contributed by atoms with Crippen molar-refractivity contribution in [3.05, 3.63) is 51.6 Å². The lowest BCUT2D eigenvalue weighted by atomic mass is 10.1. The third-order valence-corrected chi connectivity index (χ3v) is 6.23. The molecule has 156 valence electrons. The van der Waals surface area contributed by atoms with E-state index in [4.69, 9.17) is 9.05 Å². The lowest BCUT2D eigenvalue weighted by molar-refractivity contribution is -0.0820. The maximum absolute atomic E-state index is 13.0. The number of hydrogen-bond donors (Lipinski definition) is 3. The second-order valence-electron chi connectivity index (χ2n) is 6.92. The van der Waals surface area contributed by atoms with Gasteiger partial charge in [-0.3, -0.25) is 4.79 Å². The van der Waals surface area contributed by atoms with Gasteiger partial charge in [0.05, 0.1) is 18.8 Å². The monoisotopic (exact) mass is 493 g/mol. The van der Waals surface area contributed by atoms with Crippen molar-refractivity contribution >= 4 is 41.9 Å². The topological polar surface area (TPSA) is 127 Å². The molecule has 0 saturated carbocycles. The smallest absolute Gasteiger partial charge is 0.287 e. The number of fused-ring (bicyclic) bond motifs is 2. The van der Waals surface area contributed by atoms with E-state index in [-0.39, 0.29) is 33.3 Å². The molecular weight excluding hydrogens is 477 g/mol. The minimum atomic E-state index is -1.05. The third-order valence-electron chi connectivity index (χ3n) is 4.97. The predicted molar refractivity (Wildman–Crippen MR) is 113 cm³/mol. The van der Waals surface area contributed by atoms with Gasteiger partial charge in [0.1, 0.15) is 18.3 Å². The van der Waals surface area contributed by atoms with Crippen molar-refractivity contribution in [1.82, 2.24) is 23.9 Å². The Hall–Kier alpha value is -2.14. The number of aliphatic hydroxyl groups is 2. The van der Waals surface area contributed by atoms with Gasteiger partial charge in [-0.1, -0.05) is 30.3 Å². The van der Waals surface area contributed by atoms with Crippen molar-refractivity contribution in [3.63, 3.8) is 0 Å². The van der Waals surface area contributed by atoms with Crippen LogP contribution in [0.4, 0.5) is 0 Å². The molecule has 1 aromatic carbocycles. The molecule has 4 heterocycles. The first-order valence-corrected chi connectivity index (χ1v) is 10.7. The van der Waals surface area contributed by atoms with Gasteiger partial charge in [-0.05, 0) is 21.5 Å². The number of H-pyrrole nitrogens is 1. The molecule has 3 aromatic heterocycles. The number of hydrogen-bond acceptors (Lipinski definition) is 7. The summed E-state index contributed by atoms with van der Waals surface area (Å²) in [5.41, 5.74) is 1.83. The van der Waals surface area contributed by atoms with Crippen LogP contribution in [0.1, 0.15) is 0 Å². The number of imidazole rings is 2. The first kappa shape index (κ1) is 19.8. The van der Waals surface area contributed by atoms with Crippen LogP contribution in [-0.4, -0.2) is 59.1 Å². The highest BCUT2D eigenvalue weighted by atomic mass is 79.9. The molecule has 0 spiro atoms. The Labute approximate surface area is 179 Å². The molecule has 0 bridgehead atoms. The van der Waals surface area contributed by atoms with Crippen LogP contribution in [0.2, 0.25) is 0 Å². The molecule has 3 N–H and O–H groups in total. The molecule has 1 aliphatic heterocycles. The summed E-state index contributed by atoms with van der Waals surface area (Å²) in [6, 6.07) is 9.60. The lowest BCUT2D eigenvalue weighted by Gasteiger charge is -2.31. The molecule has 4 atom stereocenters. The van der Waals surface area contributed by atoms with Gasteiger partial charge >= 0.3 is 0 Å². The Morgan fingerprint density at radius 1 is 1.33 bits per heavy atom. The van der Waals surface area contributed by atoms with E-state index in [1.54, 1.807) is 10.8 Å². The minimum absolute atomic E-state index is 0.0259. The maximum Gasteiger partial charge on any atom is 0.287 e. The molecule has 30 heavy (non-hydrogen) atoms. The Balaban J connectivity index is 1.57. The van der Waals surface area contributed by atoms with Crippen molar-refractivity contribution in [3.8, 4) is 11.3 Å². The van der Waals surface area contributed by atoms with Gasteiger partial charge in [0, 0.05) is 6.20 Å². The van der Waals surface area contributed by atoms with Gasteiger partial charge in [-0.25, -0.2) is 9.38 Å². The van der Waals surface area contributed by atoms with Gasteiger partial charge < -0.3 is 28.8 Å². The standard InChI is InChI=1S/C18H17BrN5O5P/c19-17-21-13-15(23(17)7-11(25)14-12(26)8-28-30-29-14)22-18-20-10(6-24(18)16(13)27)9-4-2-1-3-5-9/h1-6,11-12,14,25-26,30H,7-8H2,(H,20,22)/t11-,12?,14?/m1/s1. The molecule has 4 aromatic rings. The highest BCUT2D eigenvalue weighted by molar-refractivity contribution is 9.10. The van der Waals surface area contributed by atoms with Gasteiger partial charge in [0.2, 0.25) is 5.78 Å². The number of nitrogens with one attached hydrogen (secondary N) is 1. The minimum Gasteiger partial charge on any atom is -0.388 e. The van der Waals surface area contributed by atoms with Crippen molar-refractivity contribution in [2.75, 3.05) is 6.61 Å². The fourth-order valence-electron chi connectivity index (χ4n) is 3.46. The predicted octanol–water partition coefficient (Wildman–Crippen LogP) is 1.45. The zero-order chi connectivity index (χ0) is 20.8. The molecule has 0 radical (unpaired) electrons. The van der Waals surface area contributed by atoms with Crippen LogP contribution in [0.3, 0.4) is 0 Å². The maximum atomic E-state index is 13.0. The van der Waals surface area contributed by atoms with E-state index in [0.717, 1.165) is 11.3 Å². The zero-order valence-electron chi connectivity index (χ0n) is 15.4. The lowest BCUT2D eigenvalue weighted by Crippen LogP contribution is -2.44. The molecular formula is C18H17BrN5O5P. The zero-order valence-corrected chi connectivity index (χ0v) is 18.0. The molecule has 10 nitrogen and oxygen atoms in total. The molecule has 1 saturated heterocycles.